The van der Waals surface area contributed by atoms with E-state index in [2.05, 4.69) is 4.98 Å². The summed E-state index contributed by atoms with van der Waals surface area (Å²) in [6, 6.07) is 5.97. The number of nitrogens with zero attached hydrogens (tertiary/aromatic N) is 2. The van der Waals surface area contributed by atoms with Gasteiger partial charge in [-0.15, -0.1) is 0 Å². The van der Waals surface area contributed by atoms with Crippen LogP contribution in [0.25, 0.3) is 0 Å². The lowest BCUT2D eigenvalue weighted by Crippen LogP contribution is -2.16. The van der Waals surface area contributed by atoms with E-state index in [-0.39, 0.29) is 0 Å². The van der Waals surface area contributed by atoms with Crippen molar-refractivity contribution >= 4 is 15.7 Å². The van der Waals surface area contributed by atoms with Gasteiger partial charge >= 0.3 is 0 Å². The quantitative estimate of drug-likeness (QED) is 0.880. The number of hydrogen-bond acceptors (Lipinski definition) is 4. The third-order valence-electron chi connectivity index (χ3n) is 2.44. The molecular formula is C12H6F3N3O2S. The van der Waals surface area contributed by atoms with Gasteiger partial charge in [0.2, 0.25) is 11.9 Å². The highest BCUT2D eigenvalue weighted by atomic mass is 32.2. The number of nitriles is 1. The molecule has 0 aliphatic rings. The van der Waals surface area contributed by atoms with Gasteiger partial charge in [-0.2, -0.15) is 19.0 Å². The van der Waals surface area contributed by atoms with Crippen LogP contribution in [-0.2, 0) is 10.0 Å². The van der Waals surface area contributed by atoms with Crippen LogP contribution >= 0.6 is 0 Å². The first kappa shape index (κ1) is 14.8. The molecule has 1 aromatic heterocycles. The zero-order valence-electron chi connectivity index (χ0n) is 10.1. The van der Waals surface area contributed by atoms with E-state index in [0.29, 0.717) is 0 Å². The topological polar surface area (TPSA) is 82.8 Å². The molecular weight excluding hydrogens is 307 g/mol. The number of hydrogen-bond donors (Lipinski definition) is 1. The van der Waals surface area contributed by atoms with Crippen molar-refractivity contribution in [1.29, 1.82) is 5.26 Å². The van der Waals surface area contributed by atoms with Crippen molar-refractivity contribution in [2.45, 2.75) is 4.90 Å². The van der Waals surface area contributed by atoms with Crippen LogP contribution in [-0.4, -0.2) is 13.4 Å². The molecule has 0 bridgehead atoms. The number of pyridine rings is 1. The molecule has 2 rings (SSSR count). The lowest BCUT2D eigenvalue weighted by molar-refractivity contribution is 0.515. The zero-order chi connectivity index (χ0) is 15.6. The van der Waals surface area contributed by atoms with E-state index in [1.54, 1.807) is 4.72 Å². The standard InChI is InChI=1S/C12H6F3N3O2S/c13-8-2-1-3-10(7(8)6-16)21(19,20)18-9-4-5-11(14)17-12(9)15/h1-5,18H. The highest BCUT2D eigenvalue weighted by molar-refractivity contribution is 7.92. The van der Waals surface area contributed by atoms with E-state index in [4.69, 9.17) is 5.26 Å². The largest absolute Gasteiger partial charge is 0.275 e. The Bertz CT molecular complexity index is 847. The van der Waals surface area contributed by atoms with Crippen LogP contribution in [0.1, 0.15) is 5.56 Å². The SMILES string of the molecule is N#Cc1c(F)cccc1S(=O)(=O)Nc1ccc(F)nc1F. The van der Waals surface area contributed by atoms with Gasteiger partial charge in [0.05, 0.1) is 0 Å². The number of benzene rings is 1. The Hall–Kier alpha value is -2.60. The summed E-state index contributed by atoms with van der Waals surface area (Å²) in [6.45, 7) is 0. The molecule has 0 amide bonds. The molecule has 1 N–H and O–H groups in total. The monoisotopic (exact) mass is 313 g/mol. The highest BCUT2D eigenvalue weighted by Gasteiger charge is 2.22. The van der Waals surface area contributed by atoms with Crippen molar-refractivity contribution in [2.24, 2.45) is 0 Å². The second-order valence-electron chi connectivity index (χ2n) is 3.80. The maximum Gasteiger partial charge on any atom is 0.263 e. The summed E-state index contributed by atoms with van der Waals surface area (Å²) in [5.41, 5.74) is -1.33. The Labute approximate surface area is 117 Å². The molecule has 0 radical (unpaired) electrons. The van der Waals surface area contributed by atoms with E-state index < -0.39 is 43.9 Å². The Morgan fingerprint density at radius 2 is 1.86 bits per heavy atom. The maximum atomic E-state index is 13.4. The van der Waals surface area contributed by atoms with E-state index in [1.165, 1.54) is 6.07 Å². The van der Waals surface area contributed by atoms with Gasteiger partial charge in [0.1, 0.15) is 28.0 Å². The number of anilines is 1. The first-order chi connectivity index (χ1) is 9.85. The summed E-state index contributed by atoms with van der Waals surface area (Å²) in [6.07, 6.45) is 0. The Kier molecular flexibility index (Phi) is 3.82. The fourth-order valence-corrected chi connectivity index (χ4v) is 2.75. The summed E-state index contributed by atoms with van der Waals surface area (Å²) in [7, 11) is -4.43. The van der Waals surface area contributed by atoms with Crippen molar-refractivity contribution in [3.05, 3.63) is 53.6 Å². The highest BCUT2D eigenvalue weighted by Crippen LogP contribution is 2.22. The fraction of sp³-hybridized carbons (Fsp3) is 0. The number of halogens is 3. The molecule has 9 heteroatoms. The van der Waals surface area contributed by atoms with Gasteiger partial charge < -0.3 is 0 Å². The molecule has 1 aromatic carbocycles. The van der Waals surface area contributed by atoms with Crippen LogP contribution in [0.15, 0.2) is 35.2 Å². The molecule has 21 heavy (non-hydrogen) atoms. The molecule has 1 heterocycles. The zero-order valence-corrected chi connectivity index (χ0v) is 11.0. The lowest BCUT2D eigenvalue weighted by Gasteiger charge is -2.09. The van der Waals surface area contributed by atoms with E-state index in [1.807, 2.05) is 0 Å². The van der Waals surface area contributed by atoms with Gasteiger partial charge in [0.15, 0.2) is 0 Å². The summed E-state index contributed by atoms with van der Waals surface area (Å²) >= 11 is 0. The van der Waals surface area contributed by atoms with Crippen molar-refractivity contribution in [3.8, 4) is 6.07 Å². The van der Waals surface area contributed by atoms with Crippen LogP contribution in [0.3, 0.4) is 0 Å². The molecule has 0 fully saturated rings. The van der Waals surface area contributed by atoms with Crippen molar-refractivity contribution in [1.82, 2.24) is 4.98 Å². The molecule has 0 spiro atoms. The first-order valence-corrected chi connectivity index (χ1v) is 6.87. The van der Waals surface area contributed by atoms with Crippen LogP contribution in [0.5, 0.6) is 0 Å². The third-order valence-corrected chi connectivity index (χ3v) is 3.84. The van der Waals surface area contributed by atoms with Crippen molar-refractivity contribution in [3.63, 3.8) is 0 Å². The molecule has 0 aliphatic carbocycles. The Morgan fingerprint density at radius 3 is 2.48 bits per heavy atom. The van der Waals surface area contributed by atoms with E-state index >= 15 is 0 Å². The maximum absolute atomic E-state index is 13.4. The third kappa shape index (κ3) is 2.95. The fourth-order valence-electron chi connectivity index (χ4n) is 1.52. The van der Waals surface area contributed by atoms with Gasteiger partial charge in [-0.1, -0.05) is 6.07 Å². The normalized spacial score (nSPS) is 11.0. The predicted molar refractivity (Wildman–Crippen MR) is 66.1 cm³/mol. The molecule has 2 aromatic rings. The van der Waals surface area contributed by atoms with Crippen molar-refractivity contribution < 1.29 is 21.6 Å². The molecule has 0 saturated carbocycles. The first-order valence-electron chi connectivity index (χ1n) is 5.38. The van der Waals surface area contributed by atoms with Gasteiger partial charge in [-0.3, -0.25) is 4.72 Å². The van der Waals surface area contributed by atoms with E-state index in [9.17, 15) is 21.6 Å². The average molecular weight is 313 g/mol. The predicted octanol–water partition coefficient (Wildman–Crippen LogP) is 2.17. The molecule has 0 saturated heterocycles. The van der Waals surface area contributed by atoms with Crippen LogP contribution in [0, 0.1) is 29.0 Å². The van der Waals surface area contributed by atoms with Gasteiger partial charge in [-0.05, 0) is 24.3 Å². The minimum Gasteiger partial charge on any atom is -0.275 e. The minimum atomic E-state index is -4.43. The molecule has 108 valence electrons. The summed E-state index contributed by atoms with van der Waals surface area (Å²) in [5, 5.41) is 8.80. The number of aromatic nitrogens is 1. The van der Waals surface area contributed by atoms with Crippen LogP contribution in [0.2, 0.25) is 0 Å². The minimum absolute atomic E-state index is 0.621. The van der Waals surface area contributed by atoms with Crippen molar-refractivity contribution in [2.75, 3.05) is 4.72 Å². The lowest BCUT2D eigenvalue weighted by atomic mass is 10.2. The van der Waals surface area contributed by atoms with Crippen LogP contribution in [0.4, 0.5) is 18.9 Å². The second kappa shape index (κ2) is 5.41. The van der Waals surface area contributed by atoms with Crippen LogP contribution < -0.4 is 4.72 Å². The summed E-state index contributed by atoms with van der Waals surface area (Å²) < 4.78 is 65.3. The van der Waals surface area contributed by atoms with Gasteiger partial charge in [0, 0.05) is 0 Å². The number of rotatable bonds is 3. The van der Waals surface area contributed by atoms with Gasteiger partial charge in [-0.25, -0.2) is 12.8 Å². The van der Waals surface area contributed by atoms with Gasteiger partial charge in [0.25, 0.3) is 10.0 Å². The molecule has 0 unspecified atom stereocenters. The number of sulfonamides is 1. The molecule has 0 aliphatic heterocycles. The second-order valence-corrected chi connectivity index (χ2v) is 5.45. The molecule has 0 atom stereocenters. The summed E-state index contributed by atoms with van der Waals surface area (Å²) in [5.74, 6) is -3.54. The summed E-state index contributed by atoms with van der Waals surface area (Å²) in [4.78, 5) is 2.15. The van der Waals surface area contributed by atoms with E-state index in [0.717, 1.165) is 30.3 Å². The Balaban J connectivity index is 2.49. The number of nitrogens with one attached hydrogen (secondary N) is 1. The smallest absolute Gasteiger partial charge is 0.263 e. The average Bonchev–Trinajstić information content (AvgIpc) is 2.41. The molecule has 5 nitrogen and oxygen atoms in total. The Morgan fingerprint density at radius 1 is 1.14 bits per heavy atom.